The number of benzene rings is 1. The second kappa shape index (κ2) is 3.47. The van der Waals surface area contributed by atoms with Gasteiger partial charge in [-0.3, -0.25) is 0 Å². The van der Waals surface area contributed by atoms with E-state index in [4.69, 9.17) is 9.47 Å². The summed E-state index contributed by atoms with van der Waals surface area (Å²) in [6.45, 7) is 3.50. The number of thiazole rings is 1. The van der Waals surface area contributed by atoms with Crippen molar-refractivity contribution >= 4 is 21.6 Å². The van der Waals surface area contributed by atoms with Crippen molar-refractivity contribution < 1.29 is 9.47 Å². The third-order valence-corrected chi connectivity index (χ3v) is 3.26. The molecule has 3 nitrogen and oxygen atoms in total. The van der Waals surface area contributed by atoms with Crippen molar-refractivity contribution in [1.29, 1.82) is 0 Å². The van der Waals surface area contributed by atoms with Crippen LogP contribution in [0.1, 0.15) is 5.01 Å². The lowest BCUT2D eigenvalue weighted by Crippen LogP contribution is -2.03. The lowest BCUT2D eigenvalue weighted by atomic mass is 10.3. The summed E-state index contributed by atoms with van der Waals surface area (Å²) in [6, 6.07) is 6.03. The van der Waals surface area contributed by atoms with Crippen molar-refractivity contribution in [1.82, 2.24) is 4.98 Å². The molecule has 2 heterocycles. The third-order valence-electron chi connectivity index (χ3n) is 2.30. The largest absolute Gasteiger partial charge is 0.491 e. The fourth-order valence-electron chi connectivity index (χ4n) is 1.47. The van der Waals surface area contributed by atoms with Crippen molar-refractivity contribution in [2.45, 2.75) is 13.0 Å². The van der Waals surface area contributed by atoms with E-state index in [1.54, 1.807) is 11.3 Å². The van der Waals surface area contributed by atoms with Crippen molar-refractivity contribution in [2.24, 2.45) is 0 Å². The van der Waals surface area contributed by atoms with E-state index >= 15 is 0 Å². The molecule has 1 aromatic heterocycles. The molecule has 0 radical (unpaired) electrons. The summed E-state index contributed by atoms with van der Waals surface area (Å²) >= 11 is 1.71. The molecule has 0 aliphatic carbocycles. The zero-order chi connectivity index (χ0) is 10.3. The Kier molecular flexibility index (Phi) is 2.11. The summed E-state index contributed by atoms with van der Waals surface area (Å²) < 4.78 is 11.9. The Morgan fingerprint density at radius 2 is 2.47 bits per heavy atom. The molecular weight excluding hydrogens is 210 g/mol. The Morgan fingerprint density at radius 1 is 1.60 bits per heavy atom. The maximum atomic E-state index is 5.59. The summed E-state index contributed by atoms with van der Waals surface area (Å²) in [6.07, 6.45) is 0.304. The van der Waals surface area contributed by atoms with Crippen LogP contribution in [0.3, 0.4) is 0 Å². The molecule has 1 aliphatic heterocycles. The van der Waals surface area contributed by atoms with Crippen LogP contribution in [0.4, 0.5) is 0 Å². The second-order valence-electron chi connectivity index (χ2n) is 3.63. The average Bonchev–Trinajstić information content (AvgIpc) is 2.96. The van der Waals surface area contributed by atoms with E-state index < -0.39 is 0 Å². The smallest absolute Gasteiger partial charge is 0.121 e. The quantitative estimate of drug-likeness (QED) is 0.746. The van der Waals surface area contributed by atoms with Gasteiger partial charge in [0, 0.05) is 6.07 Å². The number of nitrogens with zero attached hydrogens (tertiary/aromatic N) is 1. The van der Waals surface area contributed by atoms with Gasteiger partial charge in [0.1, 0.15) is 18.5 Å². The van der Waals surface area contributed by atoms with Crippen LogP contribution in [0.25, 0.3) is 10.2 Å². The van der Waals surface area contributed by atoms with Crippen LogP contribution in [0.5, 0.6) is 5.75 Å². The first-order valence-electron chi connectivity index (χ1n) is 4.93. The Labute approximate surface area is 91.7 Å². The van der Waals surface area contributed by atoms with Crippen LogP contribution in [0.2, 0.25) is 0 Å². The third kappa shape index (κ3) is 1.96. The standard InChI is InChI=1S/C11H11NO2S/c1-7-12-10-4-8(2-3-11(10)15-7)13-5-9-6-14-9/h2-4,9H,5-6H2,1H3/t9-/m1/s1. The maximum absolute atomic E-state index is 5.59. The predicted octanol–water partition coefficient (Wildman–Crippen LogP) is 2.38. The van der Waals surface area contributed by atoms with E-state index in [0.717, 1.165) is 22.9 Å². The van der Waals surface area contributed by atoms with Crippen LogP contribution in [-0.2, 0) is 4.74 Å². The Hall–Kier alpha value is -1.13. The zero-order valence-electron chi connectivity index (χ0n) is 8.40. The highest BCUT2D eigenvalue weighted by Gasteiger charge is 2.23. The maximum Gasteiger partial charge on any atom is 0.121 e. The molecule has 0 spiro atoms. The fraction of sp³-hybridized carbons (Fsp3) is 0.364. The molecule has 0 N–H and O–H groups in total. The molecule has 0 amide bonds. The summed E-state index contributed by atoms with van der Waals surface area (Å²) in [4.78, 5) is 4.42. The van der Waals surface area contributed by atoms with Gasteiger partial charge in [0.25, 0.3) is 0 Å². The highest BCUT2D eigenvalue weighted by atomic mass is 32.1. The van der Waals surface area contributed by atoms with Gasteiger partial charge in [-0.2, -0.15) is 0 Å². The van der Waals surface area contributed by atoms with Gasteiger partial charge in [-0.25, -0.2) is 4.98 Å². The number of aryl methyl sites for hydroxylation is 1. The number of aromatic nitrogens is 1. The average molecular weight is 221 g/mol. The molecule has 1 aromatic carbocycles. The molecule has 0 bridgehead atoms. The molecule has 1 aliphatic rings. The molecule has 0 saturated carbocycles. The van der Waals surface area contributed by atoms with E-state index in [0.29, 0.717) is 12.7 Å². The van der Waals surface area contributed by atoms with Crippen molar-refractivity contribution in [3.05, 3.63) is 23.2 Å². The topological polar surface area (TPSA) is 34.6 Å². The number of fused-ring (bicyclic) bond motifs is 1. The Bertz CT molecular complexity index is 490. The van der Waals surface area contributed by atoms with Gasteiger partial charge in [-0.1, -0.05) is 0 Å². The molecule has 1 atom stereocenters. The van der Waals surface area contributed by atoms with E-state index in [9.17, 15) is 0 Å². The molecule has 2 aromatic rings. The van der Waals surface area contributed by atoms with Crippen molar-refractivity contribution in [3.63, 3.8) is 0 Å². The van der Waals surface area contributed by atoms with Gasteiger partial charge in [-0.15, -0.1) is 11.3 Å². The van der Waals surface area contributed by atoms with Gasteiger partial charge in [0.2, 0.25) is 0 Å². The lowest BCUT2D eigenvalue weighted by molar-refractivity contribution is 0.263. The Morgan fingerprint density at radius 3 is 3.27 bits per heavy atom. The lowest BCUT2D eigenvalue weighted by Gasteiger charge is -2.02. The highest BCUT2D eigenvalue weighted by molar-refractivity contribution is 7.18. The van der Waals surface area contributed by atoms with Crippen molar-refractivity contribution in [2.75, 3.05) is 13.2 Å². The van der Waals surface area contributed by atoms with Gasteiger partial charge in [-0.05, 0) is 19.1 Å². The minimum atomic E-state index is 0.304. The van der Waals surface area contributed by atoms with Crippen LogP contribution < -0.4 is 4.74 Å². The van der Waals surface area contributed by atoms with Crippen LogP contribution >= 0.6 is 11.3 Å². The number of epoxide rings is 1. The monoisotopic (exact) mass is 221 g/mol. The van der Waals surface area contributed by atoms with Gasteiger partial charge in [0.05, 0.1) is 21.8 Å². The van der Waals surface area contributed by atoms with Crippen molar-refractivity contribution in [3.8, 4) is 5.75 Å². The van der Waals surface area contributed by atoms with E-state index in [2.05, 4.69) is 11.1 Å². The molecule has 1 saturated heterocycles. The molecule has 4 heteroatoms. The molecule has 1 fully saturated rings. The van der Waals surface area contributed by atoms with Gasteiger partial charge >= 0.3 is 0 Å². The minimum absolute atomic E-state index is 0.304. The number of hydrogen-bond donors (Lipinski definition) is 0. The minimum Gasteiger partial charge on any atom is -0.491 e. The predicted molar refractivity (Wildman–Crippen MR) is 59.6 cm³/mol. The zero-order valence-corrected chi connectivity index (χ0v) is 9.21. The van der Waals surface area contributed by atoms with Gasteiger partial charge in [0.15, 0.2) is 0 Å². The fourth-order valence-corrected chi connectivity index (χ4v) is 2.27. The first-order valence-corrected chi connectivity index (χ1v) is 5.74. The molecule has 0 unspecified atom stereocenters. The number of rotatable bonds is 3. The summed E-state index contributed by atoms with van der Waals surface area (Å²) in [5, 5.41) is 1.09. The number of ether oxygens (including phenoxy) is 2. The molecule has 15 heavy (non-hydrogen) atoms. The van der Waals surface area contributed by atoms with Crippen LogP contribution in [0.15, 0.2) is 18.2 Å². The normalized spacial score (nSPS) is 19.4. The first-order chi connectivity index (χ1) is 7.31. The summed E-state index contributed by atoms with van der Waals surface area (Å²) in [5.74, 6) is 0.878. The molecular formula is C11H11NO2S. The number of hydrogen-bond acceptors (Lipinski definition) is 4. The van der Waals surface area contributed by atoms with E-state index in [-0.39, 0.29) is 0 Å². The molecule has 3 rings (SSSR count). The summed E-state index contributed by atoms with van der Waals surface area (Å²) in [7, 11) is 0. The van der Waals surface area contributed by atoms with Crippen LogP contribution in [-0.4, -0.2) is 24.3 Å². The molecule has 78 valence electrons. The summed E-state index contributed by atoms with van der Waals surface area (Å²) in [5.41, 5.74) is 1.02. The van der Waals surface area contributed by atoms with E-state index in [1.165, 1.54) is 4.70 Å². The first kappa shape index (κ1) is 9.12. The van der Waals surface area contributed by atoms with E-state index in [1.807, 2.05) is 19.1 Å². The van der Waals surface area contributed by atoms with Gasteiger partial charge < -0.3 is 9.47 Å². The second-order valence-corrected chi connectivity index (χ2v) is 4.86. The van der Waals surface area contributed by atoms with Crippen LogP contribution in [0, 0.1) is 6.92 Å². The Balaban J connectivity index is 1.84. The highest BCUT2D eigenvalue weighted by Crippen LogP contribution is 2.26. The SMILES string of the molecule is Cc1nc2cc(OC[C@@H]3CO3)ccc2s1.